The normalized spacial score (nSPS) is 11.1. The average Bonchev–Trinajstić information content (AvgIpc) is 2.72. The lowest BCUT2D eigenvalue weighted by atomic mass is 9.98. The van der Waals surface area contributed by atoms with Crippen molar-refractivity contribution in [3.63, 3.8) is 0 Å². The number of guanidine groups is 1. The number of nitrogens with two attached hydrogens (primary N) is 1. The monoisotopic (exact) mass is 395 g/mol. The molecule has 5 N–H and O–H groups in total. The molecule has 0 bridgehead atoms. The van der Waals surface area contributed by atoms with Crippen LogP contribution in [0.15, 0.2) is 47.5 Å². The molecule has 2 aromatic rings. The van der Waals surface area contributed by atoms with Gasteiger partial charge >= 0.3 is 6.03 Å². The van der Waals surface area contributed by atoms with E-state index in [4.69, 9.17) is 5.73 Å². The summed E-state index contributed by atoms with van der Waals surface area (Å²) in [5.41, 5.74) is 9.74. The first-order chi connectivity index (χ1) is 14.0. The van der Waals surface area contributed by atoms with E-state index < -0.39 is 6.03 Å². The maximum absolute atomic E-state index is 12.7. The Bertz CT molecular complexity index is 853. The zero-order valence-electron chi connectivity index (χ0n) is 17.2. The van der Waals surface area contributed by atoms with E-state index in [-0.39, 0.29) is 11.9 Å². The zero-order chi connectivity index (χ0) is 21.2. The fourth-order valence-electron chi connectivity index (χ4n) is 2.97. The Hall–Kier alpha value is -3.35. The summed E-state index contributed by atoms with van der Waals surface area (Å²) in [6.07, 6.45) is 1.34. The number of hydrogen-bond acceptors (Lipinski definition) is 3. The molecule has 0 heterocycles. The number of nitrogens with one attached hydrogen (secondary N) is 3. The fourth-order valence-corrected chi connectivity index (χ4v) is 2.97. The van der Waals surface area contributed by atoms with Gasteiger partial charge in [0.25, 0.3) is 5.91 Å². The van der Waals surface area contributed by atoms with E-state index in [1.165, 1.54) is 0 Å². The molecule has 0 saturated heterocycles. The Morgan fingerprint density at radius 3 is 2.17 bits per heavy atom. The van der Waals surface area contributed by atoms with E-state index in [0.717, 1.165) is 16.7 Å². The molecule has 0 atom stereocenters. The van der Waals surface area contributed by atoms with E-state index in [1.54, 1.807) is 0 Å². The molecule has 0 aliphatic heterocycles. The largest absolute Gasteiger partial charge is 0.370 e. The number of anilines is 1. The molecular formula is C22H29N5O2. The summed E-state index contributed by atoms with van der Waals surface area (Å²) in [5, 5.41) is 8.31. The molecule has 2 aromatic carbocycles. The van der Waals surface area contributed by atoms with Gasteiger partial charge in [0, 0.05) is 24.3 Å². The minimum Gasteiger partial charge on any atom is -0.370 e. The van der Waals surface area contributed by atoms with E-state index in [2.05, 4.69) is 20.9 Å². The van der Waals surface area contributed by atoms with Crippen molar-refractivity contribution in [3.8, 4) is 0 Å². The van der Waals surface area contributed by atoms with Gasteiger partial charge in [-0.05, 0) is 48.6 Å². The number of aliphatic imine (C=N–C) groups is 1. The first-order valence-corrected chi connectivity index (χ1v) is 9.84. The van der Waals surface area contributed by atoms with Crippen LogP contribution in [0.5, 0.6) is 0 Å². The second-order valence-corrected chi connectivity index (χ2v) is 6.48. The van der Waals surface area contributed by atoms with Gasteiger partial charge < -0.3 is 16.4 Å². The summed E-state index contributed by atoms with van der Waals surface area (Å²) in [6, 6.07) is 12.9. The predicted octanol–water partition coefficient (Wildman–Crippen LogP) is 3.20. The number of rotatable bonds is 7. The molecule has 0 aromatic heterocycles. The highest BCUT2D eigenvalue weighted by atomic mass is 16.2. The molecule has 7 nitrogen and oxygen atoms in total. The summed E-state index contributed by atoms with van der Waals surface area (Å²) < 4.78 is 0. The third kappa shape index (κ3) is 6.34. The van der Waals surface area contributed by atoms with E-state index in [9.17, 15) is 9.59 Å². The average molecular weight is 396 g/mol. The predicted molar refractivity (Wildman–Crippen MR) is 117 cm³/mol. The molecule has 154 valence electrons. The van der Waals surface area contributed by atoms with Crippen LogP contribution in [-0.2, 0) is 19.4 Å². The van der Waals surface area contributed by atoms with E-state index >= 15 is 0 Å². The van der Waals surface area contributed by atoms with Gasteiger partial charge in [-0.2, -0.15) is 0 Å². The number of urea groups is 1. The van der Waals surface area contributed by atoms with Crippen LogP contribution in [0.4, 0.5) is 10.5 Å². The van der Waals surface area contributed by atoms with Crippen LogP contribution in [0, 0.1) is 0 Å². The van der Waals surface area contributed by atoms with Crippen LogP contribution in [0.25, 0.3) is 0 Å². The second kappa shape index (κ2) is 10.8. The maximum atomic E-state index is 12.7. The van der Waals surface area contributed by atoms with Gasteiger partial charge in [0.05, 0.1) is 0 Å². The highest BCUT2D eigenvalue weighted by Crippen LogP contribution is 2.25. The molecule has 0 aliphatic carbocycles. The lowest BCUT2D eigenvalue weighted by molar-refractivity contribution is 0.0950. The number of hydrogen-bond donors (Lipinski definition) is 4. The number of carbonyl (C=O) groups is 2. The number of amides is 3. The molecule has 0 saturated carbocycles. The Morgan fingerprint density at radius 1 is 1.00 bits per heavy atom. The molecular weight excluding hydrogens is 366 g/mol. The zero-order valence-corrected chi connectivity index (χ0v) is 17.2. The van der Waals surface area contributed by atoms with Crippen molar-refractivity contribution in [2.75, 3.05) is 11.9 Å². The summed E-state index contributed by atoms with van der Waals surface area (Å²) >= 11 is 0. The van der Waals surface area contributed by atoms with Gasteiger partial charge in [-0.3, -0.25) is 15.1 Å². The molecule has 0 radical (unpaired) electrons. The van der Waals surface area contributed by atoms with E-state index in [0.29, 0.717) is 37.2 Å². The Kier molecular flexibility index (Phi) is 8.21. The standard InChI is InChI=1S/C22H29N5O2/c1-4-16-12-18(20(28)25-14-15-10-8-7-9-11-15)13-17(5-2)19(16)26-22(29)27-21(23)24-6-3/h7-13H,4-6,14H2,1-3H3,(H,25,28)(H4,23,24,26,27,29). The van der Waals surface area contributed by atoms with E-state index in [1.807, 2.05) is 63.2 Å². The summed E-state index contributed by atoms with van der Waals surface area (Å²) in [5.74, 6) is -0.0772. The Balaban J connectivity index is 2.19. The maximum Gasteiger partial charge on any atom is 0.326 e. The van der Waals surface area contributed by atoms with Crippen molar-refractivity contribution in [1.82, 2.24) is 10.6 Å². The SMILES string of the molecule is CCN=C(N)NC(=O)Nc1c(CC)cc(C(=O)NCc2ccccc2)cc1CC. The molecule has 29 heavy (non-hydrogen) atoms. The van der Waals surface area contributed by atoms with Crippen LogP contribution >= 0.6 is 0 Å². The third-order valence-electron chi connectivity index (χ3n) is 4.43. The van der Waals surface area contributed by atoms with Crippen LogP contribution in [-0.4, -0.2) is 24.4 Å². The van der Waals surface area contributed by atoms with Crippen LogP contribution in [0.3, 0.4) is 0 Å². The van der Waals surface area contributed by atoms with Gasteiger partial charge in [0.15, 0.2) is 5.96 Å². The van der Waals surface area contributed by atoms with Crippen LogP contribution in [0.2, 0.25) is 0 Å². The fraction of sp³-hybridized carbons (Fsp3) is 0.318. The number of nitrogens with zero attached hydrogens (tertiary/aromatic N) is 1. The summed E-state index contributed by atoms with van der Waals surface area (Å²) in [7, 11) is 0. The van der Waals surface area contributed by atoms with Crippen molar-refractivity contribution in [2.45, 2.75) is 40.2 Å². The lowest BCUT2D eigenvalue weighted by Crippen LogP contribution is -2.40. The second-order valence-electron chi connectivity index (χ2n) is 6.48. The van der Waals surface area contributed by atoms with Crippen molar-refractivity contribution in [3.05, 3.63) is 64.7 Å². The molecule has 0 unspecified atom stereocenters. The molecule has 3 amide bonds. The van der Waals surface area contributed by atoms with Crippen molar-refractivity contribution in [1.29, 1.82) is 0 Å². The van der Waals surface area contributed by atoms with Gasteiger partial charge in [0.1, 0.15) is 0 Å². The number of aryl methyl sites for hydroxylation is 2. The van der Waals surface area contributed by atoms with Crippen LogP contribution < -0.4 is 21.7 Å². The van der Waals surface area contributed by atoms with Gasteiger partial charge in [-0.25, -0.2) is 4.79 Å². The highest BCUT2D eigenvalue weighted by Gasteiger charge is 2.15. The lowest BCUT2D eigenvalue weighted by Gasteiger charge is -2.17. The summed E-state index contributed by atoms with van der Waals surface area (Å²) in [6.45, 7) is 6.74. The molecule has 2 rings (SSSR count). The molecule has 0 spiro atoms. The van der Waals surface area contributed by atoms with Gasteiger partial charge in [0.2, 0.25) is 0 Å². The van der Waals surface area contributed by atoms with Crippen molar-refractivity contribution in [2.24, 2.45) is 10.7 Å². The number of benzene rings is 2. The van der Waals surface area contributed by atoms with Crippen molar-refractivity contribution >= 4 is 23.6 Å². The summed E-state index contributed by atoms with van der Waals surface area (Å²) in [4.78, 5) is 28.9. The minimum absolute atomic E-state index is 0.0676. The first-order valence-electron chi connectivity index (χ1n) is 9.84. The van der Waals surface area contributed by atoms with Crippen LogP contribution in [0.1, 0.15) is 47.8 Å². The molecule has 0 aliphatic rings. The number of carbonyl (C=O) groups excluding carboxylic acids is 2. The smallest absolute Gasteiger partial charge is 0.326 e. The first kappa shape index (κ1) is 21.9. The topological polar surface area (TPSA) is 109 Å². The molecule has 0 fully saturated rings. The van der Waals surface area contributed by atoms with Gasteiger partial charge in [-0.15, -0.1) is 0 Å². The Morgan fingerprint density at radius 2 is 1.62 bits per heavy atom. The van der Waals surface area contributed by atoms with Crippen molar-refractivity contribution < 1.29 is 9.59 Å². The quantitative estimate of drug-likeness (QED) is 0.427. The molecule has 7 heteroatoms. The Labute approximate surface area is 171 Å². The minimum atomic E-state index is -0.453. The third-order valence-corrected chi connectivity index (χ3v) is 4.43. The highest BCUT2D eigenvalue weighted by molar-refractivity contribution is 6.03. The van der Waals surface area contributed by atoms with Gasteiger partial charge in [-0.1, -0.05) is 44.2 Å².